The van der Waals surface area contributed by atoms with Gasteiger partial charge in [0.2, 0.25) is 15.9 Å². The third kappa shape index (κ3) is 3.55. The van der Waals surface area contributed by atoms with Gasteiger partial charge in [0.1, 0.15) is 0 Å². The van der Waals surface area contributed by atoms with E-state index in [0.29, 0.717) is 32.5 Å². The third-order valence-electron chi connectivity index (χ3n) is 4.51. The van der Waals surface area contributed by atoms with Gasteiger partial charge in [0.25, 0.3) is 0 Å². The van der Waals surface area contributed by atoms with Crippen molar-refractivity contribution in [1.29, 1.82) is 0 Å². The summed E-state index contributed by atoms with van der Waals surface area (Å²) < 4.78 is 24.3. The van der Waals surface area contributed by atoms with Gasteiger partial charge in [-0.1, -0.05) is 6.92 Å². The zero-order valence-electron chi connectivity index (χ0n) is 12.4. The Hall–Kier alpha value is -1.15. The molecule has 0 bridgehead atoms. The second kappa shape index (κ2) is 5.92. The van der Waals surface area contributed by atoms with Crippen molar-refractivity contribution in [3.05, 3.63) is 0 Å². The van der Waals surface area contributed by atoms with Gasteiger partial charge in [-0.15, -0.1) is 0 Å². The highest BCUT2D eigenvalue weighted by Gasteiger charge is 2.39. The maximum atomic E-state index is 12.4. The number of hydrogen-bond donors (Lipinski definition) is 1. The van der Waals surface area contributed by atoms with Crippen LogP contribution in [0.15, 0.2) is 0 Å². The molecule has 2 aliphatic heterocycles. The summed E-state index contributed by atoms with van der Waals surface area (Å²) in [6.45, 7) is 3.31. The molecular weight excluding hydrogens is 296 g/mol. The molecule has 0 spiro atoms. The number of aliphatic carboxylic acids is 1. The minimum absolute atomic E-state index is 0.0289. The Bertz CT molecular complexity index is 525. The summed E-state index contributed by atoms with van der Waals surface area (Å²) in [6, 6.07) is 0. The third-order valence-corrected chi connectivity index (χ3v) is 5.82. The van der Waals surface area contributed by atoms with Crippen molar-refractivity contribution in [2.75, 3.05) is 32.4 Å². The SMILES string of the molecule is C[C@@H]1CN(C(=O)C2CCN(S(C)(=O)=O)CC2)C[C@H]1C(=O)O. The van der Waals surface area contributed by atoms with E-state index >= 15 is 0 Å². The van der Waals surface area contributed by atoms with Crippen molar-refractivity contribution < 1.29 is 23.1 Å². The lowest BCUT2D eigenvalue weighted by Crippen LogP contribution is -2.43. The number of amides is 1. The summed E-state index contributed by atoms with van der Waals surface area (Å²) >= 11 is 0. The van der Waals surface area contributed by atoms with Crippen molar-refractivity contribution in [3.8, 4) is 0 Å². The van der Waals surface area contributed by atoms with Crippen LogP contribution in [-0.2, 0) is 19.6 Å². The normalized spacial score (nSPS) is 28.8. The van der Waals surface area contributed by atoms with Gasteiger partial charge in [0.15, 0.2) is 0 Å². The molecule has 0 radical (unpaired) electrons. The molecule has 7 nitrogen and oxygen atoms in total. The number of carbonyl (C=O) groups excluding carboxylic acids is 1. The number of sulfonamides is 1. The molecule has 2 aliphatic rings. The summed E-state index contributed by atoms with van der Waals surface area (Å²) in [5.41, 5.74) is 0. The predicted molar refractivity (Wildman–Crippen MR) is 76.0 cm³/mol. The van der Waals surface area contributed by atoms with Crippen LogP contribution in [0.1, 0.15) is 19.8 Å². The topological polar surface area (TPSA) is 95.0 Å². The fourth-order valence-corrected chi connectivity index (χ4v) is 4.03. The predicted octanol–water partition coefficient (Wildman–Crippen LogP) is -0.163. The van der Waals surface area contributed by atoms with Gasteiger partial charge in [-0.3, -0.25) is 9.59 Å². The van der Waals surface area contributed by atoms with E-state index in [4.69, 9.17) is 5.11 Å². The number of hydrogen-bond acceptors (Lipinski definition) is 4. The minimum atomic E-state index is -3.19. The molecule has 2 fully saturated rings. The van der Waals surface area contributed by atoms with Gasteiger partial charge in [-0.2, -0.15) is 0 Å². The Balaban J connectivity index is 1.93. The van der Waals surface area contributed by atoms with Gasteiger partial charge in [-0.25, -0.2) is 12.7 Å². The van der Waals surface area contributed by atoms with E-state index in [9.17, 15) is 18.0 Å². The second-order valence-electron chi connectivity index (χ2n) is 6.10. The molecule has 0 aliphatic carbocycles. The van der Waals surface area contributed by atoms with Crippen molar-refractivity contribution in [1.82, 2.24) is 9.21 Å². The van der Waals surface area contributed by atoms with Crippen LogP contribution >= 0.6 is 0 Å². The molecule has 2 heterocycles. The summed E-state index contributed by atoms with van der Waals surface area (Å²) in [7, 11) is -3.19. The molecule has 1 amide bonds. The standard InChI is InChI=1S/C13H22N2O5S/c1-9-7-14(8-11(9)13(17)18)12(16)10-3-5-15(6-4-10)21(2,19)20/h9-11H,3-8H2,1-2H3,(H,17,18)/t9-,11-/m1/s1. The molecule has 0 saturated carbocycles. The summed E-state index contributed by atoms with van der Waals surface area (Å²) in [6.07, 6.45) is 2.19. The lowest BCUT2D eigenvalue weighted by Gasteiger charge is -2.31. The molecule has 1 N–H and O–H groups in total. The van der Waals surface area contributed by atoms with Crippen LogP contribution in [0.3, 0.4) is 0 Å². The molecular formula is C13H22N2O5S. The highest BCUT2D eigenvalue weighted by molar-refractivity contribution is 7.88. The fraction of sp³-hybridized carbons (Fsp3) is 0.846. The van der Waals surface area contributed by atoms with E-state index in [-0.39, 0.29) is 24.3 Å². The smallest absolute Gasteiger partial charge is 0.308 e. The van der Waals surface area contributed by atoms with Gasteiger partial charge in [0.05, 0.1) is 12.2 Å². The highest BCUT2D eigenvalue weighted by atomic mass is 32.2. The van der Waals surface area contributed by atoms with Gasteiger partial charge in [0, 0.05) is 32.1 Å². The van der Waals surface area contributed by atoms with E-state index in [1.807, 2.05) is 6.92 Å². The summed E-state index contributed by atoms with van der Waals surface area (Å²) in [5, 5.41) is 9.11. The number of carbonyl (C=O) groups is 2. The van der Waals surface area contributed by atoms with Crippen molar-refractivity contribution >= 4 is 21.9 Å². The maximum Gasteiger partial charge on any atom is 0.308 e. The Labute approximate surface area is 125 Å². The van der Waals surface area contributed by atoms with E-state index in [1.165, 1.54) is 10.6 Å². The number of nitrogens with zero attached hydrogens (tertiary/aromatic N) is 2. The van der Waals surface area contributed by atoms with Gasteiger partial charge in [-0.05, 0) is 18.8 Å². The molecule has 0 aromatic rings. The van der Waals surface area contributed by atoms with Crippen LogP contribution in [0, 0.1) is 17.8 Å². The van der Waals surface area contributed by atoms with Crippen LogP contribution in [0.25, 0.3) is 0 Å². The summed E-state index contributed by atoms with van der Waals surface area (Å²) in [4.78, 5) is 25.2. The van der Waals surface area contributed by atoms with E-state index in [1.54, 1.807) is 4.90 Å². The lowest BCUT2D eigenvalue weighted by molar-refractivity contribution is -0.142. The average molecular weight is 318 g/mol. The Morgan fingerprint density at radius 2 is 1.71 bits per heavy atom. The number of likely N-dealkylation sites (tertiary alicyclic amines) is 1. The lowest BCUT2D eigenvalue weighted by atomic mass is 9.96. The van der Waals surface area contributed by atoms with Crippen molar-refractivity contribution in [3.63, 3.8) is 0 Å². The Morgan fingerprint density at radius 3 is 2.14 bits per heavy atom. The number of carboxylic acid groups (broad SMARTS) is 1. The quantitative estimate of drug-likeness (QED) is 0.780. The number of carboxylic acids is 1. The summed E-state index contributed by atoms with van der Waals surface area (Å²) in [5.74, 6) is -1.61. The first-order valence-electron chi connectivity index (χ1n) is 7.17. The number of rotatable bonds is 3. The van der Waals surface area contributed by atoms with Crippen LogP contribution in [0.4, 0.5) is 0 Å². The van der Waals surface area contributed by atoms with E-state index in [0.717, 1.165) is 0 Å². The van der Waals surface area contributed by atoms with Gasteiger partial charge >= 0.3 is 5.97 Å². The maximum absolute atomic E-state index is 12.4. The Kier molecular flexibility index (Phi) is 4.57. The van der Waals surface area contributed by atoms with E-state index in [2.05, 4.69) is 0 Å². The molecule has 8 heteroatoms. The second-order valence-corrected chi connectivity index (χ2v) is 8.08. The minimum Gasteiger partial charge on any atom is -0.481 e. The largest absolute Gasteiger partial charge is 0.481 e. The molecule has 0 unspecified atom stereocenters. The first-order chi connectivity index (χ1) is 9.70. The van der Waals surface area contributed by atoms with Crippen LogP contribution < -0.4 is 0 Å². The molecule has 0 aromatic heterocycles. The van der Waals surface area contributed by atoms with Crippen LogP contribution in [-0.4, -0.2) is 67.0 Å². The Morgan fingerprint density at radius 1 is 1.14 bits per heavy atom. The molecule has 0 aromatic carbocycles. The zero-order valence-corrected chi connectivity index (χ0v) is 13.2. The van der Waals surface area contributed by atoms with Crippen LogP contribution in [0.5, 0.6) is 0 Å². The molecule has 2 rings (SSSR count). The first kappa shape index (κ1) is 16.2. The molecule has 2 saturated heterocycles. The number of piperidine rings is 1. The average Bonchev–Trinajstić information content (AvgIpc) is 2.79. The molecule has 21 heavy (non-hydrogen) atoms. The van der Waals surface area contributed by atoms with Crippen molar-refractivity contribution in [2.45, 2.75) is 19.8 Å². The van der Waals surface area contributed by atoms with Crippen LogP contribution in [0.2, 0.25) is 0 Å². The first-order valence-corrected chi connectivity index (χ1v) is 9.01. The van der Waals surface area contributed by atoms with Crippen molar-refractivity contribution in [2.24, 2.45) is 17.8 Å². The van der Waals surface area contributed by atoms with Gasteiger partial charge < -0.3 is 10.0 Å². The monoisotopic (exact) mass is 318 g/mol. The fourth-order valence-electron chi connectivity index (χ4n) is 3.16. The highest BCUT2D eigenvalue weighted by Crippen LogP contribution is 2.28. The zero-order chi connectivity index (χ0) is 15.8. The molecule has 2 atom stereocenters. The molecule has 120 valence electrons. The van der Waals surface area contributed by atoms with E-state index < -0.39 is 21.9 Å².